The number of anilines is 1. The van der Waals surface area contributed by atoms with E-state index in [1.54, 1.807) is 6.07 Å². The number of hydrogen-bond acceptors (Lipinski definition) is 1. The minimum absolute atomic E-state index is 0.564. The summed E-state index contributed by atoms with van der Waals surface area (Å²) < 4.78 is 2.13. The molecule has 2 aromatic carbocycles. The standard InChI is InChI=1S/C16H14Cl2N2/c1-20-10-11(12-5-2-3-8-15(12)20)9-19-14-7-4-6-13(17)16(14)18/h2-8,10,19H,9H2,1H3. The van der Waals surface area contributed by atoms with E-state index in [1.165, 1.54) is 16.5 Å². The molecule has 0 unspecified atom stereocenters. The van der Waals surface area contributed by atoms with Gasteiger partial charge in [-0.25, -0.2) is 0 Å². The van der Waals surface area contributed by atoms with Crippen LogP contribution < -0.4 is 5.32 Å². The maximum absolute atomic E-state index is 6.18. The lowest BCUT2D eigenvalue weighted by molar-refractivity contribution is 0.956. The van der Waals surface area contributed by atoms with E-state index in [-0.39, 0.29) is 0 Å². The lowest BCUT2D eigenvalue weighted by Crippen LogP contribution is -1.99. The van der Waals surface area contributed by atoms with E-state index < -0.39 is 0 Å². The third kappa shape index (κ3) is 2.37. The summed E-state index contributed by atoms with van der Waals surface area (Å²) in [5.41, 5.74) is 3.31. The molecule has 0 radical (unpaired) electrons. The molecule has 0 aliphatic heterocycles. The van der Waals surface area contributed by atoms with E-state index in [0.29, 0.717) is 16.6 Å². The van der Waals surface area contributed by atoms with Crippen molar-refractivity contribution in [1.29, 1.82) is 0 Å². The van der Waals surface area contributed by atoms with Gasteiger partial charge in [-0.1, -0.05) is 47.5 Å². The first kappa shape index (κ1) is 13.3. The Balaban J connectivity index is 1.89. The van der Waals surface area contributed by atoms with E-state index in [1.807, 2.05) is 18.2 Å². The maximum atomic E-state index is 6.18. The number of para-hydroxylation sites is 1. The van der Waals surface area contributed by atoms with Crippen LogP contribution in [0, 0.1) is 0 Å². The topological polar surface area (TPSA) is 17.0 Å². The fourth-order valence-corrected chi connectivity index (χ4v) is 2.76. The first-order valence-electron chi connectivity index (χ1n) is 6.37. The number of aryl methyl sites for hydroxylation is 1. The van der Waals surface area contributed by atoms with Crippen molar-refractivity contribution in [2.24, 2.45) is 7.05 Å². The van der Waals surface area contributed by atoms with Gasteiger partial charge in [0, 0.05) is 30.7 Å². The SMILES string of the molecule is Cn1cc(CNc2cccc(Cl)c2Cl)c2ccccc21. The summed E-state index contributed by atoms with van der Waals surface area (Å²) in [6.45, 7) is 0.710. The van der Waals surface area contributed by atoms with Gasteiger partial charge in [0.15, 0.2) is 0 Å². The summed E-state index contributed by atoms with van der Waals surface area (Å²) in [5.74, 6) is 0. The minimum Gasteiger partial charge on any atom is -0.380 e. The predicted octanol–water partition coefficient (Wildman–Crippen LogP) is 5.10. The molecule has 102 valence electrons. The molecule has 0 spiro atoms. The molecule has 3 aromatic rings. The summed E-state index contributed by atoms with van der Waals surface area (Å²) in [4.78, 5) is 0. The summed E-state index contributed by atoms with van der Waals surface area (Å²) in [6.07, 6.45) is 2.14. The van der Waals surface area contributed by atoms with Crippen LogP contribution in [0.4, 0.5) is 5.69 Å². The van der Waals surface area contributed by atoms with Crippen molar-refractivity contribution in [3.63, 3.8) is 0 Å². The van der Waals surface area contributed by atoms with Gasteiger partial charge in [-0.15, -0.1) is 0 Å². The average molecular weight is 305 g/mol. The molecule has 1 aromatic heterocycles. The third-order valence-corrected chi connectivity index (χ3v) is 4.22. The number of nitrogens with zero attached hydrogens (tertiary/aromatic N) is 1. The number of aromatic nitrogens is 1. The molecule has 0 amide bonds. The molecule has 0 fully saturated rings. The summed E-state index contributed by atoms with van der Waals surface area (Å²) in [6, 6.07) is 14.0. The molecule has 0 bridgehead atoms. The van der Waals surface area contributed by atoms with Crippen LogP contribution in [-0.2, 0) is 13.6 Å². The van der Waals surface area contributed by atoms with Gasteiger partial charge >= 0.3 is 0 Å². The number of benzene rings is 2. The van der Waals surface area contributed by atoms with Crippen molar-refractivity contribution >= 4 is 39.8 Å². The molecule has 1 heterocycles. The predicted molar refractivity (Wildman–Crippen MR) is 86.7 cm³/mol. The summed E-state index contributed by atoms with van der Waals surface area (Å²) >= 11 is 12.2. The Hall–Kier alpha value is -1.64. The van der Waals surface area contributed by atoms with E-state index >= 15 is 0 Å². The normalized spacial score (nSPS) is 10.9. The summed E-state index contributed by atoms with van der Waals surface area (Å²) in [7, 11) is 2.05. The second kappa shape index (κ2) is 5.39. The second-order valence-electron chi connectivity index (χ2n) is 4.74. The van der Waals surface area contributed by atoms with Crippen LogP contribution in [-0.4, -0.2) is 4.57 Å². The van der Waals surface area contributed by atoms with Gasteiger partial charge in [0.2, 0.25) is 0 Å². The number of halogens is 2. The zero-order valence-electron chi connectivity index (χ0n) is 11.0. The van der Waals surface area contributed by atoms with Crippen molar-refractivity contribution in [3.05, 3.63) is 64.3 Å². The number of hydrogen-bond donors (Lipinski definition) is 1. The van der Waals surface area contributed by atoms with Gasteiger partial charge in [-0.05, 0) is 23.8 Å². The summed E-state index contributed by atoms with van der Waals surface area (Å²) in [5, 5.41) is 5.73. The quantitative estimate of drug-likeness (QED) is 0.712. The average Bonchev–Trinajstić information content (AvgIpc) is 2.78. The highest BCUT2D eigenvalue weighted by Gasteiger charge is 2.07. The molecule has 4 heteroatoms. The van der Waals surface area contributed by atoms with Crippen molar-refractivity contribution in [2.75, 3.05) is 5.32 Å². The van der Waals surface area contributed by atoms with E-state index in [0.717, 1.165) is 5.69 Å². The Morgan fingerprint density at radius 2 is 1.85 bits per heavy atom. The third-order valence-electron chi connectivity index (χ3n) is 3.40. The first-order chi connectivity index (χ1) is 9.66. The van der Waals surface area contributed by atoms with E-state index in [4.69, 9.17) is 23.2 Å². The highest BCUT2D eigenvalue weighted by Crippen LogP contribution is 2.30. The molecule has 0 saturated heterocycles. The zero-order chi connectivity index (χ0) is 14.1. The zero-order valence-corrected chi connectivity index (χ0v) is 12.5. The van der Waals surface area contributed by atoms with Crippen molar-refractivity contribution < 1.29 is 0 Å². The maximum Gasteiger partial charge on any atom is 0.0823 e. The van der Waals surface area contributed by atoms with Crippen LogP contribution in [0.3, 0.4) is 0 Å². The minimum atomic E-state index is 0.564. The second-order valence-corrected chi connectivity index (χ2v) is 5.52. The monoisotopic (exact) mass is 304 g/mol. The van der Waals surface area contributed by atoms with Crippen LogP contribution in [0.25, 0.3) is 10.9 Å². The Morgan fingerprint density at radius 3 is 2.70 bits per heavy atom. The molecule has 0 atom stereocenters. The highest BCUT2D eigenvalue weighted by atomic mass is 35.5. The number of fused-ring (bicyclic) bond motifs is 1. The molecule has 2 nitrogen and oxygen atoms in total. The van der Waals surface area contributed by atoms with Gasteiger partial charge < -0.3 is 9.88 Å². The Bertz CT molecular complexity index is 762. The Morgan fingerprint density at radius 1 is 1.05 bits per heavy atom. The molecule has 1 N–H and O–H groups in total. The van der Waals surface area contributed by atoms with Crippen molar-refractivity contribution in [1.82, 2.24) is 4.57 Å². The largest absolute Gasteiger partial charge is 0.380 e. The number of nitrogens with one attached hydrogen (secondary N) is 1. The Labute approximate surface area is 127 Å². The van der Waals surface area contributed by atoms with Crippen LogP contribution in [0.1, 0.15) is 5.56 Å². The molecule has 0 aliphatic rings. The molecular weight excluding hydrogens is 291 g/mol. The molecular formula is C16H14Cl2N2. The van der Waals surface area contributed by atoms with Crippen LogP contribution in [0.5, 0.6) is 0 Å². The first-order valence-corrected chi connectivity index (χ1v) is 7.13. The highest BCUT2D eigenvalue weighted by molar-refractivity contribution is 6.43. The van der Waals surface area contributed by atoms with Crippen molar-refractivity contribution in [2.45, 2.75) is 6.54 Å². The Kier molecular flexibility index (Phi) is 3.60. The van der Waals surface area contributed by atoms with Gasteiger partial charge in [-0.3, -0.25) is 0 Å². The van der Waals surface area contributed by atoms with Crippen LogP contribution in [0.2, 0.25) is 10.0 Å². The molecule has 3 rings (SSSR count). The molecule has 0 saturated carbocycles. The number of rotatable bonds is 3. The lowest BCUT2D eigenvalue weighted by Gasteiger charge is -2.08. The van der Waals surface area contributed by atoms with E-state index in [2.05, 4.69) is 41.3 Å². The lowest BCUT2D eigenvalue weighted by atomic mass is 10.2. The van der Waals surface area contributed by atoms with Crippen LogP contribution in [0.15, 0.2) is 48.7 Å². The van der Waals surface area contributed by atoms with Gasteiger partial charge in [0.05, 0.1) is 15.7 Å². The van der Waals surface area contributed by atoms with Gasteiger partial charge in [0.1, 0.15) is 0 Å². The van der Waals surface area contributed by atoms with Crippen molar-refractivity contribution in [3.8, 4) is 0 Å². The fraction of sp³-hybridized carbons (Fsp3) is 0.125. The molecule has 20 heavy (non-hydrogen) atoms. The fourth-order valence-electron chi connectivity index (χ4n) is 2.40. The van der Waals surface area contributed by atoms with Gasteiger partial charge in [0.25, 0.3) is 0 Å². The smallest absolute Gasteiger partial charge is 0.0823 e. The van der Waals surface area contributed by atoms with Crippen LogP contribution >= 0.6 is 23.2 Å². The van der Waals surface area contributed by atoms with Gasteiger partial charge in [-0.2, -0.15) is 0 Å². The molecule has 0 aliphatic carbocycles. The van der Waals surface area contributed by atoms with E-state index in [9.17, 15) is 0 Å².